The summed E-state index contributed by atoms with van der Waals surface area (Å²) in [4.78, 5) is 19.5. The summed E-state index contributed by atoms with van der Waals surface area (Å²) in [5.41, 5.74) is 0.677. The van der Waals surface area contributed by atoms with E-state index in [1.165, 1.54) is 12.8 Å². The van der Waals surface area contributed by atoms with E-state index in [2.05, 4.69) is 16.8 Å². The average molecular weight is 367 g/mol. The van der Waals surface area contributed by atoms with Gasteiger partial charge < -0.3 is 14.9 Å². The highest BCUT2D eigenvalue weighted by atomic mass is 16.3. The zero-order chi connectivity index (χ0) is 18.8. The van der Waals surface area contributed by atoms with E-state index in [1.54, 1.807) is 0 Å². The molecule has 5 nitrogen and oxygen atoms in total. The van der Waals surface area contributed by atoms with Gasteiger partial charge in [-0.3, -0.25) is 9.69 Å². The van der Waals surface area contributed by atoms with Crippen LogP contribution in [0.4, 0.5) is 0 Å². The third-order valence-corrected chi connectivity index (χ3v) is 6.15. The van der Waals surface area contributed by atoms with Crippen molar-refractivity contribution in [3.8, 4) is 0 Å². The molecule has 0 bridgehead atoms. The van der Waals surface area contributed by atoms with Crippen molar-refractivity contribution >= 4 is 16.7 Å². The van der Waals surface area contributed by atoms with Crippen molar-refractivity contribution in [1.82, 2.24) is 14.7 Å². The van der Waals surface area contributed by atoms with Crippen LogP contribution in [0.5, 0.6) is 0 Å². The van der Waals surface area contributed by atoms with Gasteiger partial charge in [-0.15, -0.1) is 0 Å². The predicted molar refractivity (Wildman–Crippen MR) is 108 cm³/mol. The molecule has 2 heterocycles. The smallest absolute Gasteiger partial charge is 0.256 e. The van der Waals surface area contributed by atoms with E-state index in [0.717, 1.165) is 37.0 Å². The van der Waals surface area contributed by atoms with Crippen LogP contribution in [-0.2, 0) is 4.79 Å². The molecular formula is C22H29N3O2. The Labute approximate surface area is 161 Å². The standard InChI is InChI=1S/C22H29N3O2/c1-23-10-8-20(9-11-23)24-12-14-25(15-13-24)22(27)21(26)19-7-6-17-4-2-3-5-18(17)16-19/h2-7,16,20-21,26H,8-15H2,1H3/t21-/m1/s1. The molecule has 0 radical (unpaired) electrons. The fourth-order valence-corrected chi connectivity index (χ4v) is 4.36. The maximum Gasteiger partial charge on any atom is 0.256 e. The number of piperidine rings is 1. The SMILES string of the molecule is CN1CCC(N2CCN(C(=O)[C@H](O)c3ccc4ccccc4c3)CC2)CC1. The molecule has 2 aromatic carbocycles. The van der Waals surface area contributed by atoms with Crippen LogP contribution in [0.1, 0.15) is 24.5 Å². The lowest BCUT2D eigenvalue weighted by Crippen LogP contribution is -2.54. The number of hydrogen-bond acceptors (Lipinski definition) is 4. The number of amides is 1. The van der Waals surface area contributed by atoms with E-state index in [0.29, 0.717) is 24.7 Å². The number of hydrogen-bond donors (Lipinski definition) is 1. The summed E-state index contributed by atoms with van der Waals surface area (Å²) < 4.78 is 0. The first-order chi connectivity index (χ1) is 13.1. The second-order valence-corrected chi connectivity index (χ2v) is 7.90. The Morgan fingerprint density at radius 3 is 2.33 bits per heavy atom. The largest absolute Gasteiger partial charge is 0.378 e. The lowest BCUT2D eigenvalue weighted by molar-refractivity contribution is -0.142. The molecule has 0 aliphatic carbocycles. The topological polar surface area (TPSA) is 47.0 Å². The number of fused-ring (bicyclic) bond motifs is 1. The predicted octanol–water partition coefficient (Wildman–Crippen LogP) is 2.11. The average Bonchev–Trinajstić information content (AvgIpc) is 2.73. The Kier molecular flexibility index (Phi) is 5.43. The van der Waals surface area contributed by atoms with E-state index >= 15 is 0 Å². The van der Waals surface area contributed by atoms with Crippen molar-refractivity contribution in [2.24, 2.45) is 0 Å². The van der Waals surface area contributed by atoms with Crippen molar-refractivity contribution in [3.63, 3.8) is 0 Å². The van der Waals surface area contributed by atoms with Crippen molar-refractivity contribution in [1.29, 1.82) is 0 Å². The van der Waals surface area contributed by atoms with E-state index in [-0.39, 0.29) is 5.91 Å². The van der Waals surface area contributed by atoms with Crippen molar-refractivity contribution < 1.29 is 9.90 Å². The number of carbonyl (C=O) groups is 1. The third-order valence-electron chi connectivity index (χ3n) is 6.15. The fourth-order valence-electron chi connectivity index (χ4n) is 4.36. The van der Waals surface area contributed by atoms with Crippen LogP contribution >= 0.6 is 0 Å². The molecule has 1 N–H and O–H groups in total. The van der Waals surface area contributed by atoms with E-state index in [9.17, 15) is 9.90 Å². The van der Waals surface area contributed by atoms with Gasteiger partial charge in [-0.25, -0.2) is 0 Å². The van der Waals surface area contributed by atoms with Gasteiger partial charge in [0.25, 0.3) is 5.91 Å². The van der Waals surface area contributed by atoms with Gasteiger partial charge in [0.2, 0.25) is 0 Å². The summed E-state index contributed by atoms with van der Waals surface area (Å²) >= 11 is 0. The first-order valence-electron chi connectivity index (χ1n) is 10.00. The van der Waals surface area contributed by atoms with Crippen LogP contribution in [0, 0.1) is 0 Å². The molecule has 0 spiro atoms. The first kappa shape index (κ1) is 18.4. The summed E-state index contributed by atoms with van der Waals surface area (Å²) in [6, 6.07) is 14.4. The molecule has 1 amide bonds. The number of likely N-dealkylation sites (tertiary alicyclic amines) is 1. The monoisotopic (exact) mass is 367 g/mol. The maximum absolute atomic E-state index is 12.8. The Bertz CT molecular complexity index is 793. The van der Waals surface area contributed by atoms with Gasteiger partial charge in [0, 0.05) is 32.2 Å². The molecule has 2 aliphatic rings. The number of carbonyl (C=O) groups excluding carboxylic acids is 1. The number of aliphatic hydroxyl groups excluding tert-OH is 1. The quantitative estimate of drug-likeness (QED) is 0.903. The Hall–Kier alpha value is -1.95. The van der Waals surface area contributed by atoms with E-state index in [4.69, 9.17) is 0 Å². The summed E-state index contributed by atoms with van der Waals surface area (Å²) in [5, 5.41) is 12.8. The first-order valence-corrected chi connectivity index (χ1v) is 10.00. The molecule has 144 valence electrons. The summed E-state index contributed by atoms with van der Waals surface area (Å²) in [6.45, 7) is 5.54. The number of nitrogens with zero attached hydrogens (tertiary/aromatic N) is 3. The second kappa shape index (κ2) is 7.97. The van der Waals surface area contributed by atoms with Gasteiger partial charge >= 0.3 is 0 Å². The minimum Gasteiger partial charge on any atom is -0.378 e. The zero-order valence-corrected chi connectivity index (χ0v) is 16.1. The highest BCUT2D eigenvalue weighted by Crippen LogP contribution is 2.23. The molecular weight excluding hydrogens is 338 g/mol. The number of benzene rings is 2. The van der Waals surface area contributed by atoms with Crippen LogP contribution in [0.15, 0.2) is 42.5 Å². The molecule has 0 aromatic heterocycles. The van der Waals surface area contributed by atoms with Gasteiger partial charge in [-0.1, -0.05) is 36.4 Å². The highest BCUT2D eigenvalue weighted by molar-refractivity contribution is 5.87. The minimum absolute atomic E-state index is 0.173. The maximum atomic E-state index is 12.8. The molecule has 5 heteroatoms. The molecule has 2 aliphatic heterocycles. The van der Waals surface area contributed by atoms with Gasteiger partial charge in [0.05, 0.1) is 0 Å². The van der Waals surface area contributed by atoms with Gasteiger partial charge in [-0.2, -0.15) is 0 Å². The fraction of sp³-hybridized carbons (Fsp3) is 0.500. The van der Waals surface area contributed by atoms with Gasteiger partial charge in [0.15, 0.2) is 6.10 Å². The molecule has 2 saturated heterocycles. The van der Waals surface area contributed by atoms with Crippen molar-refractivity contribution in [2.45, 2.75) is 25.0 Å². The molecule has 2 fully saturated rings. The zero-order valence-electron chi connectivity index (χ0n) is 16.1. The second-order valence-electron chi connectivity index (χ2n) is 7.90. The van der Waals surface area contributed by atoms with Gasteiger partial charge in [-0.05, 0) is 55.4 Å². The Morgan fingerprint density at radius 1 is 0.963 bits per heavy atom. The molecule has 27 heavy (non-hydrogen) atoms. The van der Waals surface area contributed by atoms with Crippen LogP contribution < -0.4 is 0 Å². The Morgan fingerprint density at radius 2 is 1.63 bits per heavy atom. The van der Waals surface area contributed by atoms with Crippen molar-refractivity contribution in [3.05, 3.63) is 48.0 Å². The lowest BCUT2D eigenvalue weighted by atomic mass is 10.0. The minimum atomic E-state index is -1.08. The molecule has 0 unspecified atom stereocenters. The summed E-state index contributed by atoms with van der Waals surface area (Å²) in [6.07, 6.45) is 1.35. The van der Waals surface area contributed by atoms with Crippen LogP contribution in [0.2, 0.25) is 0 Å². The molecule has 0 saturated carbocycles. The molecule has 4 rings (SSSR count). The van der Waals surface area contributed by atoms with Gasteiger partial charge in [0.1, 0.15) is 0 Å². The normalized spacial score (nSPS) is 21.5. The Balaban J connectivity index is 1.36. The third kappa shape index (κ3) is 4.00. The number of piperazine rings is 1. The van der Waals surface area contributed by atoms with Crippen LogP contribution in [0.25, 0.3) is 10.8 Å². The van der Waals surface area contributed by atoms with E-state index in [1.807, 2.05) is 47.4 Å². The highest BCUT2D eigenvalue weighted by Gasteiger charge is 2.30. The lowest BCUT2D eigenvalue weighted by Gasteiger charge is -2.42. The van der Waals surface area contributed by atoms with E-state index < -0.39 is 6.10 Å². The number of rotatable bonds is 3. The van der Waals surface area contributed by atoms with Crippen molar-refractivity contribution in [2.75, 3.05) is 46.3 Å². The molecule has 2 aromatic rings. The summed E-state index contributed by atoms with van der Waals surface area (Å²) in [7, 11) is 2.18. The number of aliphatic hydroxyl groups is 1. The van der Waals surface area contributed by atoms with Crippen LogP contribution in [0.3, 0.4) is 0 Å². The molecule has 1 atom stereocenters. The summed E-state index contributed by atoms with van der Waals surface area (Å²) in [5.74, 6) is -0.173. The van der Waals surface area contributed by atoms with Crippen LogP contribution in [-0.4, -0.2) is 78.1 Å².